The molecule has 0 amide bonds. The summed E-state index contributed by atoms with van der Waals surface area (Å²) in [7, 11) is 0. The molecule has 0 aromatic heterocycles. The Hall–Kier alpha value is -1.89. The van der Waals surface area contributed by atoms with Crippen LogP contribution in [0.25, 0.3) is 0 Å². The highest BCUT2D eigenvalue weighted by Crippen LogP contribution is 2.17. The zero-order chi connectivity index (χ0) is 13.7. The summed E-state index contributed by atoms with van der Waals surface area (Å²) in [6.45, 7) is 0.460. The van der Waals surface area contributed by atoms with Gasteiger partial charge in [0.05, 0.1) is 24.8 Å². The molecule has 0 atom stereocenters. The molecule has 4 heteroatoms. The molecule has 96 valence electrons. The molecule has 2 aromatic carbocycles. The van der Waals surface area contributed by atoms with E-state index in [2.05, 4.69) is 0 Å². The van der Waals surface area contributed by atoms with E-state index in [1.165, 1.54) is 6.07 Å². The summed E-state index contributed by atoms with van der Waals surface area (Å²) < 4.78 is 19.0. The summed E-state index contributed by atoms with van der Waals surface area (Å²) in [4.78, 5) is 0. The summed E-state index contributed by atoms with van der Waals surface area (Å²) in [5.41, 5.74) is 1.58. The van der Waals surface area contributed by atoms with E-state index in [1.54, 1.807) is 18.2 Å². The maximum absolute atomic E-state index is 13.6. The summed E-state index contributed by atoms with van der Waals surface area (Å²) in [6.07, 6.45) is 0. The molecule has 19 heavy (non-hydrogen) atoms. The van der Waals surface area contributed by atoms with Crippen LogP contribution in [0.5, 0.6) is 0 Å². The monoisotopic (exact) mass is 275 g/mol. The highest BCUT2D eigenvalue weighted by molar-refractivity contribution is 6.31. The predicted molar refractivity (Wildman–Crippen MR) is 71.1 cm³/mol. The van der Waals surface area contributed by atoms with Crippen LogP contribution in [0, 0.1) is 17.1 Å². The first-order valence-electron chi connectivity index (χ1n) is 5.70. The van der Waals surface area contributed by atoms with Crippen molar-refractivity contribution in [2.75, 3.05) is 0 Å². The van der Waals surface area contributed by atoms with E-state index in [4.69, 9.17) is 21.6 Å². The summed E-state index contributed by atoms with van der Waals surface area (Å²) >= 11 is 5.99. The van der Waals surface area contributed by atoms with Crippen LogP contribution in [0.3, 0.4) is 0 Å². The fourth-order valence-corrected chi connectivity index (χ4v) is 1.81. The van der Waals surface area contributed by atoms with E-state index in [1.807, 2.05) is 24.3 Å². The fraction of sp³-hybridized carbons (Fsp3) is 0.133. The molecule has 0 fully saturated rings. The number of hydrogen-bond donors (Lipinski definition) is 0. The molecule has 0 radical (unpaired) electrons. The summed E-state index contributed by atoms with van der Waals surface area (Å²) in [6, 6.07) is 13.6. The second kappa shape index (κ2) is 6.33. The van der Waals surface area contributed by atoms with Gasteiger partial charge in [0, 0.05) is 10.6 Å². The number of nitriles is 1. The quantitative estimate of drug-likeness (QED) is 0.843. The van der Waals surface area contributed by atoms with Crippen LogP contribution < -0.4 is 0 Å². The molecule has 2 rings (SSSR count). The Labute approximate surface area is 116 Å². The third-order valence-electron chi connectivity index (χ3n) is 2.66. The smallest absolute Gasteiger partial charge is 0.130 e. The third kappa shape index (κ3) is 3.54. The largest absolute Gasteiger partial charge is 0.372 e. The van der Waals surface area contributed by atoms with Gasteiger partial charge in [0.2, 0.25) is 0 Å². The van der Waals surface area contributed by atoms with E-state index in [0.29, 0.717) is 22.8 Å². The van der Waals surface area contributed by atoms with Gasteiger partial charge in [-0.2, -0.15) is 5.26 Å². The zero-order valence-electron chi connectivity index (χ0n) is 10.1. The Kier molecular flexibility index (Phi) is 4.51. The first-order valence-corrected chi connectivity index (χ1v) is 6.08. The Morgan fingerprint density at radius 1 is 1.11 bits per heavy atom. The maximum atomic E-state index is 13.6. The van der Waals surface area contributed by atoms with Gasteiger partial charge in [0.1, 0.15) is 5.82 Å². The minimum Gasteiger partial charge on any atom is -0.372 e. The van der Waals surface area contributed by atoms with Gasteiger partial charge < -0.3 is 4.74 Å². The second-order valence-electron chi connectivity index (χ2n) is 4.00. The molecular weight excluding hydrogens is 265 g/mol. The molecule has 0 heterocycles. The number of halogens is 2. The van der Waals surface area contributed by atoms with Crippen molar-refractivity contribution >= 4 is 11.6 Å². The average molecular weight is 276 g/mol. The maximum Gasteiger partial charge on any atom is 0.130 e. The van der Waals surface area contributed by atoms with E-state index < -0.39 is 5.82 Å². The van der Waals surface area contributed by atoms with E-state index in [9.17, 15) is 4.39 Å². The van der Waals surface area contributed by atoms with E-state index in [0.717, 1.165) is 5.56 Å². The van der Waals surface area contributed by atoms with Crippen molar-refractivity contribution in [3.8, 4) is 6.07 Å². The standard InChI is InChI=1S/C15H11ClFNO/c16-14-4-2-1-3-12(14)9-19-10-13-6-5-11(8-18)7-15(13)17/h1-7H,9-10H2. The van der Waals surface area contributed by atoms with Crippen LogP contribution in [0.15, 0.2) is 42.5 Å². The minimum absolute atomic E-state index is 0.142. The van der Waals surface area contributed by atoms with Crippen molar-refractivity contribution in [3.63, 3.8) is 0 Å². The molecule has 0 spiro atoms. The topological polar surface area (TPSA) is 33.0 Å². The first-order chi connectivity index (χ1) is 9.20. The molecule has 0 saturated heterocycles. The van der Waals surface area contributed by atoms with Crippen LogP contribution in [0.2, 0.25) is 5.02 Å². The lowest BCUT2D eigenvalue weighted by molar-refractivity contribution is 0.105. The van der Waals surface area contributed by atoms with Crippen molar-refractivity contribution in [1.29, 1.82) is 5.26 Å². The number of benzene rings is 2. The molecule has 0 aliphatic carbocycles. The second-order valence-corrected chi connectivity index (χ2v) is 4.41. The first kappa shape index (κ1) is 13.5. The van der Waals surface area contributed by atoms with Gasteiger partial charge in [-0.3, -0.25) is 0 Å². The highest BCUT2D eigenvalue weighted by atomic mass is 35.5. The van der Waals surface area contributed by atoms with Gasteiger partial charge in [-0.15, -0.1) is 0 Å². The lowest BCUT2D eigenvalue weighted by Gasteiger charge is -2.07. The minimum atomic E-state index is -0.432. The Bertz CT molecular complexity index is 622. The molecule has 0 saturated carbocycles. The van der Waals surface area contributed by atoms with Crippen molar-refractivity contribution in [3.05, 3.63) is 70.0 Å². The van der Waals surface area contributed by atoms with Crippen LogP contribution in [-0.4, -0.2) is 0 Å². The number of ether oxygens (including phenoxy) is 1. The molecule has 2 aromatic rings. The van der Waals surface area contributed by atoms with Gasteiger partial charge in [0.15, 0.2) is 0 Å². The number of rotatable bonds is 4. The summed E-state index contributed by atoms with van der Waals surface area (Å²) in [5, 5.41) is 9.27. The molecule has 0 aliphatic heterocycles. The molecule has 2 nitrogen and oxygen atoms in total. The van der Waals surface area contributed by atoms with Crippen LogP contribution in [-0.2, 0) is 18.0 Å². The van der Waals surface area contributed by atoms with Crippen LogP contribution in [0.4, 0.5) is 4.39 Å². The van der Waals surface area contributed by atoms with Gasteiger partial charge in [0.25, 0.3) is 0 Å². The van der Waals surface area contributed by atoms with Gasteiger partial charge in [-0.05, 0) is 23.8 Å². The fourth-order valence-electron chi connectivity index (χ4n) is 1.62. The predicted octanol–water partition coefficient (Wildman–Crippen LogP) is 4.07. The van der Waals surface area contributed by atoms with Crippen LogP contribution >= 0.6 is 11.6 Å². The van der Waals surface area contributed by atoms with Crippen molar-refractivity contribution in [2.24, 2.45) is 0 Å². The molecule has 0 bridgehead atoms. The number of nitrogens with zero attached hydrogens (tertiary/aromatic N) is 1. The van der Waals surface area contributed by atoms with E-state index in [-0.39, 0.29) is 6.61 Å². The zero-order valence-corrected chi connectivity index (χ0v) is 10.8. The van der Waals surface area contributed by atoms with E-state index >= 15 is 0 Å². The van der Waals surface area contributed by atoms with Gasteiger partial charge in [-0.1, -0.05) is 35.9 Å². The lowest BCUT2D eigenvalue weighted by Crippen LogP contribution is -1.98. The van der Waals surface area contributed by atoms with Gasteiger partial charge >= 0.3 is 0 Å². The van der Waals surface area contributed by atoms with Crippen molar-refractivity contribution < 1.29 is 9.13 Å². The van der Waals surface area contributed by atoms with Gasteiger partial charge in [-0.25, -0.2) is 4.39 Å². The highest BCUT2D eigenvalue weighted by Gasteiger charge is 2.05. The Morgan fingerprint density at radius 2 is 1.84 bits per heavy atom. The lowest BCUT2D eigenvalue weighted by atomic mass is 10.1. The average Bonchev–Trinajstić information content (AvgIpc) is 2.42. The SMILES string of the molecule is N#Cc1ccc(COCc2ccccc2Cl)c(F)c1. The van der Waals surface area contributed by atoms with Crippen molar-refractivity contribution in [2.45, 2.75) is 13.2 Å². The molecular formula is C15H11ClFNO. The third-order valence-corrected chi connectivity index (χ3v) is 3.02. The van der Waals surface area contributed by atoms with Crippen molar-refractivity contribution in [1.82, 2.24) is 0 Å². The number of hydrogen-bond acceptors (Lipinski definition) is 2. The van der Waals surface area contributed by atoms with Crippen LogP contribution in [0.1, 0.15) is 16.7 Å². The Morgan fingerprint density at radius 3 is 2.53 bits per heavy atom. The molecule has 0 unspecified atom stereocenters. The normalized spacial score (nSPS) is 10.2. The Balaban J connectivity index is 1.97. The summed E-state index contributed by atoms with van der Waals surface area (Å²) in [5.74, 6) is -0.432. The molecule has 0 N–H and O–H groups in total. The molecule has 0 aliphatic rings.